The van der Waals surface area contributed by atoms with Gasteiger partial charge in [0.1, 0.15) is 0 Å². The van der Waals surface area contributed by atoms with E-state index < -0.39 is 0 Å². The molecule has 2 atom stereocenters. The van der Waals surface area contributed by atoms with Crippen LogP contribution >= 0.6 is 35.6 Å². The van der Waals surface area contributed by atoms with Gasteiger partial charge in [-0.2, -0.15) is 0 Å². The highest BCUT2D eigenvalue weighted by Crippen LogP contribution is 2.35. The zero-order valence-electron chi connectivity index (χ0n) is 12.2. The van der Waals surface area contributed by atoms with Crippen LogP contribution in [0.25, 0.3) is 0 Å². The number of piperidine rings is 1. The van der Waals surface area contributed by atoms with Crippen molar-refractivity contribution >= 4 is 35.6 Å². The van der Waals surface area contributed by atoms with Crippen molar-refractivity contribution in [2.45, 2.75) is 39.3 Å². The molecule has 2 rings (SSSR count). The van der Waals surface area contributed by atoms with E-state index in [9.17, 15) is 0 Å². The zero-order chi connectivity index (χ0) is 14.2. The number of rotatable bonds is 2. The summed E-state index contributed by atoms with van der Waals surface area (Å²) >= 11 is 12.4. The molecule has 2 unspecified atom stereocenters. The summed E-state index contributed by atoms with van der Waals surface area (Å²) < 4.78 is 0. The number of hydrogen-bond acceptors (Lipinski definition) is 2. The fraction of sp³-hybridized carbons (Fsp3) is 0.600. The Hall–Kier alpha value is 0.01000. The Bertz CT molecular complexity index is 462. The van der Waals surface area contributed by atoms with Crippen LogP contribution in [0.1, 0.15) is 38.8 Å². The molecule has 1 saturated heterocycles. The third kappa shape index (κ3) is 3.80. The van der Waals surface area contributed by atoms with Crippen LogP contribution in [-0.4, -0.2) is 24.0 Å². The Morgan fingerprint density at radius 1 is 1.35 bits per heavy atom. The predicted octanol–water partition coefficient (Wildman–Crippen LogP) is 4.54. The van der Waals surface area contributed by atoms with Crippen LogP contribution in [0.5, 0.6) is 0 Å². The molecule has 5 heteroatoms. The molecule has 114 valence electrons. The van der Waals surface area contributed by atoms with Gasteiger partial charge < -0.3 is 5.73 Å². The van der Waals surface area contributed by atoms with Gasteiger partial charge in [0.25, 0.3) is 0 Å². The molecular formula is C15H23Cl3N2. The highest BCUT2D eigenvalue weighted by molar-refractivity contribution is 6.33. The SMILES string of the molecule is CC(c1cc(Cl)ccc1Cl)N1CCC(N)C(C)(C)C1.Cl. The van der Waals surface area contributed by atoms with Crippen molar-refractivity contribution in [1.29, 1.82) is 0 Å². The van der Waals surface area contributed by atoms with Crippen molar-refractivity contribution in [3.05, 3.63) is 33.8 Å². The van der Waals surface area contributed by atoms with Crippen LogP contribution in [0.2, 0.25) is 10.0 Å². The third-order valence-corrected chi connectivity index (χ3v) is 4.88. The summed E-state index contributed by atoms with van der Waals surface area (Å²) in [5, 5.41) is 1.52. The molecule has 1 aliphatic heterocycles. The Labute approximate surface area is 138 Å². The molecule has 20 heavy (non-hydrogen) atoms. The standard InChI is InChI=1S/C15H22Cl2N2.ClH/c1-10(12-8-11(16)4-5-13(12)17)19-7-6-14(18)15(2,3)9-19;/h4-5,8,10,14H,6-7,9,18H2,1-3H3;1H. The summed E-state index contributed by atoms with van der Waals surface area (Å²) in [5.41, 5.74) is 7.43. The highest BCUT2D eigenvalue weighted by atomic mass is 35.5. The topological polar surface area (TPSA) is 29.3 Å². The average Bonchev–Trinajstić information content (AvgIpc) is 2.35. The molecule has 2 N–H and O–H groups in total. The van der Waals surface area contributed by atoms with E-state index in [0.717, 1.165) is 35.1 Å². The molecule has 0 spiro atoms. The average molecular weight is 338 g/mol. The molecule has 1 heterocycles. The largest absolute Gasteiger partial charge is 0.327 e. The summed E-state index contributed by atoms with van der Waals surface area (Å²) in [5.74, 6) is 0. The van der Waals surface area contributed by atoms with Crippen LogP contribution in [0, 0.1) is 5.41 Å². The summed E-state index contributed by atoms with van der Waals surface area (Å²) in [6, 6.07) is 6.20. The third-order valence-electron chi connectivity index (χ3n) is 4.30. The second kappa shape index (κ2) is 6.85. The van der Waals surface area contributed by atoms with Gasteiger partial charge in [0.2, 0.25) is 0 Å². The van der Waals surface area contributed by atoms with Gasteiger partial charge in [-0.25, -0.2) is 0 Å². The van der Waals surface area contributed by atoms with Gasteiger partial charge >= 0.3 is 0 Å². The molecule has 1 fully saturated rings. The molecule has 0 bridgehead atoms. The van der Waals surface area contributed by atoms with E-state index in [1.807, 2.05) is 18.2 Å². The van der Waals surface area contributed by atoms with Gasteiger partial charge in [-0.15, -0.1) is 12.4 Å². The first-order chi connectivity index (χ1) is 8.81. The van der Waals surface area contributed by atoms with Crippen LogP contribution in [-0.2, 0) is 0 Å². The van der Waals surface area contributed by atoms with E-state index in [1.54, 1.807) is 0 Å². The minimum absolute atomic E-state index is 0. The monoisotopic (exact) mass is 336 g/mol. The van der Waals surface area contributed by atoms with Gasteiger partial charge in [0.05, 0.1) is 0 Å². The summed E-state index contributed by atoms with van der Waals surface area (Å²) in [6.45, 7) is 8.64. The Kier molecular flexibility index (Phi) is 6.18. The lowest BCUT2D eigenvalue weighted by Crippen LogP contribution is -2.52. The number of hydrogen-bond donors (Lipinski definition) is 1. The van der Waals surface area contributed by atoms with E-state index >= 15 is 0 Å². The molecule has 0 amide bonds. The summed E-state index contributed by atoms with van der Waals surface area (Å²) in [6.07, 6.45) is 1.02. The Morgan fingerprint density at radius 3 is 2.60 bits per heavy atom. The van der Waals surface area contributed by atoms with Crippen molar-refractivity contribution in [2.24, 2.45) is 11.1 Å². The molecule has 1 aliphatic rings. The number of benzene rings is 1. The fourth-order valence-electron chi connectivity index (χ4n) is 2.78. The Morgan fingerprint density at radius 2 is 2.00 bits per heavy atom. The lowest BCUT2D eigenvalue weighted by Gasteiger charge is -2.45. The molecular weight excluding hydrogens is 315 g/mol. The summed E-state index contributed by atoms with van der Waals surface area (Å²) in [4.78, 5) is 2.45. The van der Waals surface area contributed by atoms with E-state index in [4.69, 9.17) is 28.9 Å². The second-order valence-electron chi connectivity index (χ2n) is 6.20. The molecule has 1 aromatic rings. The zero-order valence-corrected chi connectivity index (χ0v) is 14.5. The maximum atomic E-state index is 6.30. The van der Waals surface area contributed by atoms with Crippen LogP contribution < -0.4 is 5.73 Å². The van der Waals surface area contributed by atoms with Gasteiger partial charge in [-0.3, -0.25) is 4.90 Å². The van der Waals surface area contributed by atoms with Crippen LogP contribution in [0.4, 0.5) is 0 Å². The maximum absolute atomic E-state index is 6.30. The second-order valence-corrected chi connectivity index (χ2v) is 7.04. The first kappa shape index (κ1) is 18.1. The number of halogens is 3. The molecule has 2 nitrogen and oxygen atoms in total. The van der Waals surface area contributed by atoms with Gasteiger partial charge in [0, 0.05) is 35.2 Å². The quantitative estimate of drug-likeness (QED) is 0.858. The van der Waals surface area contributed by atoms with Crippen molar-refractivity contribution in [3.8, 4) is 0 Å². The minimum atomic E-state index is 0. The number of nitrogens with two attached hydrogens (primary N) is 1. The molecule has 0 aliphatic carbocycles. The highest BCUT2D eigenvalue weighted by Gasteiger charge is 2.35. The van der Waals surface area contributed by atoms with Crippen molar-refractivity contribution in [2.75, 3.05) is 13.1 Å². The van der Waals surface area contributed by atoms with Gasteiger partial charge in [0.15, 0.2) is 0 Å². The van der Waals surface area contributed by atoms with E-state index in [0.29, 0.717) is 0 Å². The predicted molar refractivity (Wildman–Crippen MR) is 90.1 cm³/mol. The van der Waals surface area contributed by atoms with Crippen molar-refractivity contribution in [1.82, 2.24) is 4.90 Å². The smallest absolute Gasteiger partial charge is 0.0454 e. The van der Waals surface area contributed by atoms with Gasteiger partial charge in [-0.1, -0.05) is 37.0 Å². The van der Waals surface area contributed by atoms with Crippen LogP contribution in [0.15, 0.2) is 18.2 Å². The van der Waals surface area contributed by atoms with E-state index in [-0.39, 0.29) is 29.9 Å². The van der Waals surface area contributed by atoms with Crippen molar-refractivity contribution < 1.29 is 0 Å². The number of likely N-dealkylation sites (tertiary alicyclic amines) is 1. The minimum Gasteiger partial charge on any atom is -0.327 e. The molecule has 0 saturated carbocycles. The number of nitrogens with zero attached hydrogens (tertiary/aromatic N) is 1. The van der Waals surface area contributed by atoms with E-state index in [1.165, 1.54) is 0 Å². The Balaban J connectivity index is 0.00000200. The fourth-order valence-corrected chi connectivity index (χ4v) is 3.23. The molecule has 1 aromatic carbocycles. The van der Waals surface area contributed by atoms with Crippen molar-refractivity contribution in [3.63, 3.8) is 0 Å². The molecule has 0 radical (unpaired) electrons. The normalized spacial score (nSPS) is 24.0. The molecule has 0 aromatic heterocycles. The van der Waals surface area contributed by atoms with Crippen LogP contribution in [0.3, 0.4) is 0 Å². The van der Waals surface area contributed by atoms with E-state index in [2.05, 4.69) is 25.7 Å². The lowest BCUT2D eigenvalue weighted by molar-refractivity contribution is 0.0664. The first-order valence-electron chi connectivity index (χ1n) is 6.76. The maximum Gasteiger partial charge on any atom is 0.0454 e. The van der Waals surface area contributed by atoms with Gasteiger partial charge in [-0.05, 0) is 42.5 Å². The first-order valence-corrected chi connectivity index (χ1v) is 7.51. The lowest BCUT2D eigenvalue weighted by atomic mass is 9.79. The summed E-state index contributed by atoms with van der Waals surface area (Å²) in [7, 11) is 0.